The molecule has 7 heteroatoms. The smallest absolute Gasteiger partial charge is 0.245 e. The third-order valence-electron chi connectivity index (χ3n) is 7.35. The van der Waals surface area contributed by atoms with Crippen molar-refractivity contribution in [2.45, 2.75) is 71.4 Å². The summed E-state index contributed by atoms with van der Waals surface area (Å²) in [6.45, 7) is 8.65. The van der Waals surface area contributed by atoms with Crippen LogP contribution in [0.1, 0.15) is 65.4 Å². The first-order valence-electron chi connectivity index (χ1n) is 11.7. The lowest BCUT2D eigenvalue weighted by Crippen LogP contribution is -2.60. The van der Waals surface area contributed by atoms with Crippen LogP contribution in [-0.4, -0.2) is 48.1 Å². The SMILES string of the molecule is COc1cc(C2(O)CCN(C(=O)[C@H](NC(=O)C3CCCC3)C(C)C)CC2(C)C)ccc1Cl. The van der Waals surface area contributed by atoms with E-state index in [4.69, 9.17) is 16.3 Å². The molecule has 2 atom stereocenters. The third kappa shape index (κ3) is 4.76. The first-order valence-corrected chi connectivity index (χ1v) is 12.0. The van der Waals surface area contributed by atoms with Crippen molar-refractivity contribution in [3.63, 3.8) is 0 Å². The fourth-order valence-electron chi connectivity index (χ4n) is 5.13. The van der Waals surface area contributed by atoms with Crippen LogP contribution in [0.3, 0.4) is 0 Å². The van der Waals surface area contributed by atoms with Gasteiger partial charge >= 0.3 is 0 Å². The Morgan fingerprint density at radius 2 is 1.91 bits per heavy atom. The molecule has 2 fully saturated rings. The van der Waals surface area contributed by atoms with Crippen molar-refractivity contribution in [2.24, 2.45) is 17.3 Å². The number of carbonyl (C=O) groups is 2. The number of benzene rings is 1. The van der Waals surface area contributed by atoms with E-state index in [0.29, 0.717) is 30.3 Å². The molecule has 178 valence electrons. The van der Waals surface area contributed by atoms with Gasteiger partial charge in [0.15, 0.2) is 0 Å². The predicted molar refractivity (Wildman–Crippen MR) is 126 cm³/mol. The van der Waals surface area contributed by atoms with E-state index in [-0.39, 0.29) is 23.7 Å². The van der Waals surface area contributed by atoms with E-state index in [1.807, 2.05) is 33.8 Å². The summed E-state index contributed by atoms with van der Waals surface area (Å²) in [5.74, 6) is 0.441. The molecule has 3 rings (SSSR count). The van der Waals surface area contributed by atoms with Gasteiger partial charge in [0.2, 0.25) is 11.8 Å². The van der Waals surface area contributed by atoms with Crippen LogP contribution in [0.4, 0.5) is 0 Å². The summed E-state index contributed by atoms with van der Waals surface area (Å²) in [5.41, 5.74) is -1.02. The maximum absolute atomic E-state index is 13.5. The number of nitrogens with zero attached hydrogens (tertiary/aromatic N) is 1. The standard InChI is InChI=1S/C25H37ClN2O4/c1-16(2)21(27-22(29)17-8-6-7-9-17)23(30)28-13-12-25(31,24(3,4)15-28)18-10-11-19(26)20(14-18)32-5/h10-11,14,16-17,21,31H,6-9,12-13,15H2,1-5H3,(H,27,29)/t21-,25?/m1/s1. The average Bonchev–Trinajstić information content (AvgIpc) is 3.28. The molecule has 1 aliphatic carbocycles. The molecule has 1 unspecified atom stereocenters. The Morgan fingerprint density at radius 1 is 1.25 bits per heavy atom. The lowest BCUT2D eigenvalue weighted by molar-refractivity contribution is -0.157. The first-order chi connectivity index (χ1) is 15.0. The summed E-state index contributed by atoms with van der Waals surface area (Å²) in [6.07, 6.45) is 4.34. The molecule has 2 aliphatic rings. The summed E-state index contributed by atoms with van der Waals surface area (Å²) in [6, 6.07) is 4.78. The maximum atomic E-state index is 13.5. The molecule has 1 saturated heterocycles. The molecule has 1 saturated carbocycles. The molecule has 1 aliphatic heterocycles. The highest BCUT2D eigenvalue weighted by molar-refractivity contribution is 6.32. The molecule has 1 aromatic carbocycles. The lowest BCUT2D eigenvalue weighted by atomic mass is 9.66. The van der Waals surface area contributed by atoms with Gasteiger partial charge in [-0.25, -0.2) is 0 Å². The fourth-order valence-corrected chi connectivity index (χ4v) is 5.33. The normalized spacial score (nSPS) is 24.4. The number of likely N-dealkylation sites (tertiary alicyclic amines) is 1. The molecule has 1 aromatic rings. The van der Waals surface area contributed by atoms with E-state index in [9.17, 15) is 14.7 Å². The highest BCUT2D eigenvalue weighted by Gasteiger charge is 2.50. The van der Waals surface area contributed by atoms with E-state index >= 15 is 0 Å². The number of carbonyl (C=O) groups excluding carboxylic acids is 2. The monoisotopic (exact) mass is 464 g/mol. The molecule has 0 radical (unpaired) electrons. The summed E-state index contributed by atoms with van der Waals surface area (Å²) in [4.78, 5) is 28.0. The van der Waals surface area contributed by atoms with Crippen molar-refractivity contribution in [3.05, 3.63) is 28.8 Å². The quantitative estimate of drug-likeness (QED) is 0.663. The van der Waals surface area contributed by atoms with Gasteiger partial charge in [0, 0.05) is 24.4 Å². The highest BCUT2D eigenvalue weighted by atomic mass is 35.5. The average molecular weight is 465 g/mol. The van der Waals surface area contributed by atoms with Gasteiger partial charge in [0.1, 0.15) is 11.8 Å². The zero-order valence-corrected chi connectivity index (χ0v) is 20.7. The maximum Gasteiger partial charge on any atom is 0.245 e. The van der Waals surface area contributed by atoms with Gasteiger partial charge in [0.05, 0.1) is 17.7 Å². The second-order valence-corrected chi connectivity index (χ2v) is 10.7. The molecular weight excluding hydrogens is 428 g/mol. The van der Waals surface area contributed by atoms with Gasteiger partial charge in [-0.3, -0.25) is 9.59 Å². The molecule has 2 N–H and O–H groups in total. The van der Waals surface area contributed by atoms with Crippen LogP contribution >= 0.6 is 11.6 Å². The third-order valence-corrected chi connectivity index (χ3v) is 7.66. The minimum Gasteiger partial charge on any atom is -0.495 e. The van der Waals surface area contributed by atoms with Gasteiger partial charge in [-0.1, -0.05) is 58.2 Å². The van der Waals surface area contributed by atoms with Crippen LogP contribution in [-0.2, 0) is 15.2 Å². The Bertz CT molecular complexity index is 850. The van der Waals surface area contributed by atoms with E-state index < -0.39 is 17.1 Å². The van der Waals surface area contributed by atoms with Crippen LogP contribution in [0, 0.1) is 17.3 Å². The minimum atomic E-state index is -1.14. The first kappa shape index (κ1) is 24.8. The number of aliphatic hydroxyl groups is 1. The van der Waals surface area contributed by atoms with Crippen molar-refractivity contribution in [2.75, 3.05) is 20.2 Å². The van der Waals surface area contributed by atoms with Gasteiger partial charge in [-0.15, -0.1) is 0 Å². The van der Waals surface area contributed by atoms with Gasteiger partial charge < -0.3 is 20.1 Å². The zero-order chi connectivity index (χ0) is 23.7. The Labute approximate surface area is 196 Å². The molecule has 0 aromatic heterocycles. The van der Waals surface area contributed by atoms with Crippen LogP contribution in [0.15, 0.2) is 18.2 Å². The lowest BCUT2D eigenvalue weighted by Gasteiger charge is -2.51. The molecule has 1 heterocycles. The predicted octanol–water partition coefficient (Wildman–Crippen LogP) is 4.13. The summed E-state index contributed by atoms with van der Waals surface area (Å²) in [5, 5.41) is 15.2. The molecule has 2 amide bonds. The topological polar surface area (TPSA) is 78.9 Å². The van der Waals surface area contributed by atoms with Crippen molar-refractivity contribution < 1.29 is 19.4 Å². The van der Waals surface area contributed by atoms with Gasteiger partial charge in [-0.2, -0.15) is 0 Å². The molecule has 6 nitrogen and oxygen atoms in total. The van der Waals surface area contributed by atoms with Crippen LogP contribution in [0.25, 0.3) is 0 Å². The number of ether oxygens (including phenoxy) is 1. The molecule has 0 spiro atoms. The number of amides is 2. The van der Waals surface area contributed by atoms with E-state index in [0.717, 1.165) is 31.2 Å². The Morgan fingerprint density at radius 3 is 2.47 bits per heavy atom. The second kappa shape index (κ2) is 9.60. The van der Waals surface area contributed by atoms with Crippen molar-refractivity contribution in [3.8, 4) is 5.75 Å². The largest absolute Gasteiger partial charge is 0.495 e. The van der Waals surface area contributed by atoms with E-state index in [2.05, 4.69) is 5.32 Å². The Hall–Kier alpha value is -1.79. The van der Waals surface area contributed by atoms with Crippen LogP contribution < -0.4 is 10.1 Å². The summed E-state index contributed by atoms with van der Waals surface area (Å²) < 4.78 is 5.34. The number of hydrogen-bond donors (Lipinski definition) is 2. The number of piperidine rings is 1. The van der Waals surface area contributed by atoms with Crippen molar-refractivity contribution >= 4 is 23.4 Å². The Balaban J connectivity index is 1.77. The molecule has 0 bridgehead atoms. The number of hydrogen-bond acceptors (Lipinski definition) is 4. The number of methoxy groups -OCH3 is 1. The summed E-state index contributed by atoms with van der Waals surface area (Å²) >= 11 is 6.18. The fraction of sp³-hybridized carbons (Fsp3) is 0.680. The van der Waals surface area contributed by atoms with Crippen LogP contribution in [0.2, 0.25) is 5.02 Å². The molecule has 32 heavy (non-hydrogen) atoms. The van der Waals surface area contributed by atoms with Crippen molar-refractivity contribution in [1.29, 1.82) is 0 Å². The Kier molecular flexibility index (Phi) is 7.45. The summed E-state index contributed by atoms with van der Waals surface area (Å²) in [7, 11) is 1.55. The number of rotatable bonds is 6. The zero-order valence-electron chi connectivity index (χ0n) is 19.9. The van der Waals surface area contributed by atoms with Gasteiger partial charge in [0.25, 0.3) is 0 Å². The van der Waals surface area contributed by atoms with Crippen molar-refractivity contribution in [1.82, 2.24) is 10.2 Å². The van der Waals surface area contributed by atoms with Gasteiger partial charge in [-0.05, 0) is 42.9 Å². The minimum absolute atomic E-state index is 0.00409. The number of halogens is 1. The second-order valence-electron chi connectivity index (χ2n) is 10.3. The number of nitrogens with one attached hydrogen (secondary N) is 1. The highest BCUT2D eigenvalue weighted by Crippen LogP contribution is 2.47. The van der Waals surface area contributed by atoms with E-state index in [1.165, 1.54) is 0 Å². The van der Waals surface area contributed by atoms with Crippen LogP contribution in [0.5, 0.6) is 5.75 Å². The molecular formula is C25H37ClN2O4. The van der Waals surface area contributed by atoms with E-state index in [1.54, 1.807) is 24.1 Å².